The fourth-order valence-corrected chi connectivity index (χ4v) is 2.83. The lowest BCUT2D eigenvalue weighted by molar-refractivity contribution is 0.0742. The zero-order chi connectivity index (χ0) is 17.2. The Bertz CT molecular complexity index is 814. The van der Waals surface area contributed by atoms with E-state index in [1.165, 1.54) is 12.1 Å². The third-order valence-electron chi connectivity index (χ3n) is 3.86. The average molecular weight is 332 g/mol. The topological polar surface area (TPSA) is 80.5 Å². The van der Waals surface area contributed by atoms with Gasteiger partial charge in [-0.05, 0) is 43.7 Å². The summed E-state index contributed by atoms with van der Waals surface area (Å²) in [7, 11) is -1.99. The summed E-state index contributed by atoms with van der Waals surface area (Å²) < 4.78 is 22.6. The third-order valence-corrected chi connectivity index (χ3v) is 4.79. The van der Waals surface area contributed by atoms with Crippen molar-refractivity contribution in [2.75, 3.05) is 7.05 Å². The second kappa shape index (κ2) is 6.52. The molecule has 2 N–H and O–H groups in total. The molecule has 0 aliphatic carbocycles. The van der Waals surface area contributed by atoms with E-state index in [1.54, 1.807) is 30.1 Å². The largest absolute Gasteiger partial charge is 0.335 e. The predicted octanol–water partition coefficient (Wildman–Crippen LogP) is 2.48. The molecule has 2 aromatic rings. The van der Waals surface area contributed by atoms with Gasteiger partial charge in [0.1, 0.15) is 0 Å². The Labute approximate surface area is 136 Å². The molecule has 23 heavy (non-hydrogen) atoms. The average Bonchev–Trinajstić information content (AvgIpc) is 2.52. The number of hydrogen-bond acceptors (Lipinski definition) is 3. The molecule has 0 aliphatic heterocycles. The first-order chi connectivity index (χ1) is 10.7. The molecule has 0 aliphatic rings. The summed E-state index contributed by atoms with van der Waals surface area (Å²) in [5, 5.41) is 5.09. The van der Waals surface area contributed by atoms with Gasteiger partial charge in [0.15, 0.2) is 0 Å². The quantitative estimate of drug-likeness (QED) is 0.934. The number of amides is 1. The molecule has 1 atom stereocenters. The van der Waals surface area contributed by atoms with Gasteiger partial charge < -0.3 is 4.90 Å². The van der Waals surface area contributed by atoms with Gasteiger partial charge in [0.2, 0.25) is 10.0 Å². The Morgan fingerprint density at radius 1 is 1.13 bits per heavy atom. The minimum absolute atomic E-state index is 0.0566. The van der Waals surface area contributed by atoms with Crippen molar-refractivity contribution in [1.82, 2.24) is 4.90 Å². The van der Waals surface area contributed by atoms with E-state index in [4.69, 9.17) is 5.14 Å². The van der Waals surface area contributed by atoms with E-state index >= 15 is 0 Å². The van der Waals surface area contributed by atoms with E-state index in [1.807, 2.05) is 32.0 Å². The standard InChI is InChI=1S/C17H20N2O3S/c1-12-5-4-6-15(11-12)17(20)19(3)13(2)14-7-9-16(10-8-14)23(18,21)22/h4-11,13H,1-3H3,(H2,18,21,22). The maximum Gasteiger partial charge on any atom is 0.254 e. The van der Waals surface area contributed by atoms with E-state index in [0.717, 1.165) is 11.1 Å². The maximum absolute atomic E-state index is 12.5. The molecule has 0 spiro atoms. The van der Waals surface area contributed by atoms with E-state index in [0.29, 0.717) is 5.56 Å². The van der Waals surface area contributed by atoms with Crippen LogP contribution in [0.5, 0.6) is 0 Å². The van der Waals surface area contributed by atoms with Crippen LogP contribution < -0.4 is 5.14 Å². The summed E-state index contributed by atoms with van der Waals surface area (Å²) in [5.74, 6) is -0.0864. The number of aryl methyl sites for hydroxylation is 1. The van der Waals surface area contributed by atoms with Gasteiger partial charge in [0.25, 0.3) is 5.91 Å². The SMILES string of the molecule is Cc1cccc(C(=O)N(C)C(C)c2ccc(S(N)(=O)=O)cc2)c1. The van der Waals surface area contributed by atoms with Gasteiger partial charge in [0, 0.05) is 12.6 Å². The lowest BCUT2D eigenvalue weighted by Gasteiger charge is -2.25. The van der Waals surface area contributed by atoms with Crippen molar-refractivity contribution in [1.29, 1.82) is 0 Å². The molecular formula is C17H20N2O3S. The zero-order valence-corrected chi connectivity index (χ0v) is 14.2. The molecule has 0 aromatic heterocycles. The van der Waals surface area contributed by atoms with Crippen LogP contribution >= 0.6 is 0 Å². The number of carbonyl (C=O) groups excluding carboxylic acids is 1. The summed E-state index contributed by atoms with van der Waals surface area (Å²) in [4.78, 5) is 14.2. The predicted molar refractivity (Wildman–Crippen MR) is 89.5 cm³/mol. The number of nitrogens with two attached hydrogens (primary N) is 1. The molecule has 1 unspecified atom stereocenters. The van der Waals surface area contributed by atoms with Crippen molar-refractivity contribution in [3.63, 3.8) is 0 Å². The molecule has 6 heteroatoms. The fraction of sp³-hybridized carbons (Fsp3) is 0.235. The van der Waals surface area contributed by atoms with Gasteiger partial charge in [0.05, 0.1) is 10.9 Å². The minimum Gasteiger partial charge on any atom is -0.335 e. The highest BCUT2D eigenvalue weighted by Crippen LogP contribution is 2.22. The van der Waals surface area contributed by atoms with Crippen LogP contribution in [-0.2, 0) is 10.0 Å². The molecule has 0 saturated heterocycles. The van der Waals surface area contributed by atoms with Crippen LogP contribution in [0.25, 0.3) is 0 Å². The van der Waals surface area contributed by atoms with E-state index in [2.05, 4.69) is 0 Å². The Morgan fingerprint density at radius 2 is 1.74 bits per heavy atom. The number of nitrogens with zero attached hydrogens (tertiary/aromatic N) is 1. The monoisotopic (exact) mass is 332 g/mol. The second-order valence-electron chi connectivity index (χ2n) is 5.58. The molecule has 0 fully saturated rings. The van der Waals surface area contributed by atoms with E-state index in [9.17, 15) is 13.2 Å². The molecular weight excluding hydrogens is 312 g/mol. The van der Waals surface area contributed by atoms with Crippen LogP contribution in [0.2, 0.25) is 0 Å². The number of sulfonamides is 1. The van der Waals surface area contributed by atoms with Gasteiger partial charge in [-0.25, -0.2) is 13.6 Å². The minimum atomic E-state index is -3.71. The second-order valence-corrected chi connectivity index (χ2v) is 7.14. The van der Waals surface area contributed by atoms with Crippen molar-refractivity contribution in [2.45, 2.75) is 24.8 Å². The molecule has 0 radical (unpaired) electrons. The van der Waals surface area contributed by atoms with Crippen LogP contribution in [-0.4, -0.2) is 26.3 Å². The highest BCUT2D eigenvalue weighted by molar-refractivity contribution is 7.89. The van der Waals surface area contributed by atoms with Gasteiger partial charge >= 0.3 is 0 Å². The van der Waals surface area contributed by atoms with Crippen LogP contribution in [0.3, 0.4) is 0 Å². The van der Waals surface area contributed by atoms with Crippen molar-refractivity contribution in [3.8, 4) is 0 Å². The van der Waals surface area contributed by atoms with Gasteiger partial charge in [-0.1, -0.05) is 29.8 Å². The fourth-order valence-electron chi connectivity index (χ4n) is 2.32. The molecule has 2 rings (SSSR count). The summed E-state index contributed by atoms with van der Waals surface area (Å²) in [6.45, 7) is 3.83. The van der Waals surface area contributed by atoms with Crippen LogP contribution in [0.4, 0.5) is 0 Å². The summed E-state index contributed by atoms with van der Waals surface area (Å²) >= 11 is 0. The lowest BCUT2D eigenvalue weighted by Crippen LogP contribution is -2.29. The number of hydrogen-bond donors (Lipinski definition) is 1. The van der Waals surface area contributed by atoms with Crippen molar-refractivity contribution in [3.05, 3.63) is 65.2 Å². The van der Waals surface area contributed by atoms with Crippen molar-refractivity contribution >= 4 is 15.9 Å². The molecule has 0 bridgehead atoms. The Morgan fingerprint density at radius 3 is 2.26 bits per heavy atom. The normalized spacial score (nSPS) is 12.7. The van der Waals surface area contributed by atoms with Gasteiger partial charge in [-0.2, -0.15) is 0 Å². The Balaban J connectivity index is 2.22. The zero-order valence-electron chi connectivity index (χ0n) is 13.4. The molecule has 2 aromatic carbocycles. The van der Waals surface area contributed by atoms with Crippen LogP contribution in [0.15, 0.2) is 53.4 Å². The van der Waals surface area contributed by atoms with E-state index < -0.39 is 10.0 Å². The molecule has 1 amide bonds. The number of primary sulfonamides is 1. The summed E-state index contributed by atoms with van der Waals surface area (Å²) in [6.07, 6.45) is 0. The van der Waals surface area contributed by atoms with Crippen molar-refractivity contribution in [2.24, 2.45) is 5.14 Å². The number of benzene rings is 2. The van der Waals surface area contributed by atoms with Gasteiger partial charge in [-0.3, -0.25) is 4.79 Å². The van der Waals surface area contributed by atoms with Gasteiger partial charge in [-0.15, -0.1) is 0 Å². The Kier molecular flexibility index (Phi) is 4.87. The first-order valence-corrected chi connectivity index (χ1v) is 8.71. The Hall–Kier alpha value is -2.18. The lowest BCUT2D eigenvalue weighted by atomic mass is 10.1. The maximum atomic E-state index is 12.5. The smallest absolute Gasteiger partial charge is 0.254 e. The highest BCUT2D eigenvalue weighted by atomic mass is 32.2. The molecule has 0 saturated carbocycles. The van der Waals surface area contributed by atoms with Crippen LogP contribution in [0.1, 0.15) is 34.5 Å². The highest BCUT2D eigenvalue weighted by Gasteiger charge is 2.19. The summed E-state index contributed by atoms with van der Waals surface area (Å²) in [6, 6.07) is 13.5. The van der Waals surface area contributed by atoms with Crippen molar-refractivity contribution < 1.29 is 13.2 Å². The molecule has 5 nitrogen and oxygen atoms in total. The number of rotatable bonds is 4. The molecule has 0 heterocycles. The third kappa shape index (κ3) is 3.97. The first-order valence-electron chi connectivity index (χ1n) is 7.17. The number of carbonyl (C=O) groups is 1. The summed E-state index contributed by atoms with van der Waals surface area (Å²) in [5.41, 5.74) is 2.48. The van der Waals surface area contributed by atoms with E-state index in [-0.39, 0.29) is 16.8 Å². The first kappa shape index (κ1) is 17.2. The molecule has 122 valence electrons. The van der Waals surface area contributed by atoms with Crippen LogP contribution in [0, 0.1) is 6.92 Å².